The first-order valence-corrected chi connectivity index (χ1v) is 10.2. The number of morpholine rings is 1. The summed E-state index contributed by atoms with van der Waals surface area (Å²) in [4.78, 5) is 17.0. The van der Waals surface area contributed by atoms with Crippen LogP contribution < -0.4 is 14.5 Å². The summed E-state index contributed by atoms with van der Waals surface area (Å²) in [5, 5.41) is 0.156. The number of nitrogens with one attached hydrogen (secondary N) is 1. The maximum atomic E-state index is 12.5. The Hall–Kier alpha value is -2.01. The molecular weight excluding hydrogens is 392 g/mol. The first kappa shape index (κ1) is 19.7. The van der Waals surface area contributed by atoms with Crippen molar-refractivity contribution in [1.29, 1.82) is 0 Å². The van der Waals surface area contributed by atoms with Crippen LogP contribution in [0.1, 0.15) is 5.82 Å². The van der Waals surface area contributed by atoms with Crippen LogP contribution in [0.5, 0.6) is 0 Å². The van der Waals surface area contributed by atoms with E-state index in [1.165, 1.54) is 12.1 Å². The van der Waals surface area contributed by atoms with Crippen molar-refractivity contribution in [2.24, 2.45) is 0 Å². The van der Waals surface area contributed by atoms with Gasteiger partial charge in [0.05, 0.1) is 24.8 Å². The minimum atomic E-state index is -3.79. The van der Waals surface area contributed by atoms with E-state index in [2.05, 4.69) is 19.7 Å². The molecule has 0 spiro atoms. The average Bonchev–Trinajstić information content (AvgIpc) is 2.67. The molecule has 0 atom stereocenters. The van der Waals surface area contributed by atoms with Gasteiger partial charge in [-0.1, -0.05) is 23.7 Å². The molecular formula is C16H21ClN6O3S. The van der Waals surface area contributed by atoms with Crippen molar-refractivity contribution in [1.82, 2.24) is 19.7 Å². The molecule has 1 saturated heterocycles. The quantitative estimate of drug-likeness (QED) is 0.747. The molecule has 0 amide bonds. The Morgan fingerprint density at radius 3 is 2.56 bits per heavy atom. The van der Waals surface area contributed by atoms with Crippen molar-refractivity contribution in [3.05, 3.63) is 35.1 Å². The van der Waals surface area contributed by atoms with Gasteiger partial charge in [0.1, 0.15) is 4.90 Å². The number of ether oxygens (including phenoxy) is 1. The topological polar surface area (TPSA) is 101 Å². The lowest BCUT2D eigenvalue weighted by atomic mass is 10.4. The van der Waals surface area contributed by atoms with E-state index in [-0.39, 0.29) is 16.5 Å². The van der Waals surface area contributed by atoms with Crippen molar-refractivity contribution in [3.63, 3.8) is 0 Å². The van der Waals surface area contributed by atoms with Crippen LogP contribution in [0, 0.1) is 0 Å². The van der Waals surface area contributed by atoms with E-state index in [0.717, 1.165) is 0 Å². The summed E-state index contributed by atoms with van der Waals surface area (Å²) in [6.45, 7) is 2.45. The molecule has 11 heteroatoms. The Bertz CT molecular complexity index is 903. The van der Waals surface area contributed by atoms with Gasteiger partial charge in [-0.3, -0.25) is 0 Å². The average molecular weight is 413 g/mol. The Morgan fingerprint density at radius 1 is 1.19 bits per heavy atom. The molecule has 27 heavy (non-hydrogen) atoms. The van der Waals surface area contributed by atoms with E-state index < -0.39 is 10.0 Å². The number of anilines is 2. The number of hydrogen-bond donors (Lipinski definition) is 1. The lowest BCUT2D eigenvalue weighted by Crippen LogP contribution is -2.38. The third-order valence-electron chi connectivity index (χ3n) is 3.90. The minimum absolute atomic E-state index is 0.0157. The van der Waals surface area contributed by atoms with Crippen LogP contribution in [-0.4, -0.2) is 63.8 Å². The van der Waals surface area contributed by atoms with E-state index >= 15 is 0 Å². The molecule has 1 aliphatic rings. The Kier molecular flexibility index (Phi) is 6.10. The van der Waals surface area contributed by atoms with Gasteiger partial charge < -0.3 is 14.5 Å². The van der Waals surface area contributed by atoms with Gasteiger partial charge in [-0.2, -0.15) is 15.0 Å². The Balaban J connectivity index is 1.83. The van der Waals surface area contributed by atoms with E-state index in [1.54, 1.807) is 17.0 Å². The largest absolute Gasteiger partial charge is 0.378 e. The van der Waals surface area contributed by atoms with Gasteiger partial charge in [-0.15, -0.1) is 0 Å². The number of nitrogens with zero attached hydrogens (tertiary/aromatic N) is 5. The first-order chi connectivity index (χ1) is 12.9. The van der Waals surface area contributed by atoms with Crippen molar-refractivity contribution < 1.29 is 13.2 Å². The van der Waals surface area contributed by atoms with Crippen LogP contribution in [0.3, 0.4) is 0 Å². The number of halogens is 1. The molecule has 2 aromatic rings. The number of aromatic nitrogens is 3. The van der Waals surface area contributed by atoms with Crippen LogP contribution in [0.2, 0.25) is 5.02 Å². The van der Waals surface area contributed by atoms with E-state index in [9.17, 15) is 8.42 Å². The van der Waals surface area contributed by atoms with Crippen molar-refractivity contribution in [3.8, 4) is 0 Å². The van der Waals surface area contributed by atoms with Gasteiger partial charge in [0, 0.05) is 27.2 Å². The fourth-order valence-electron chi connectivity index (χ4n) is 2.48. The molecule has 0 bridgehead atoms. The van der Waals surface area contributed by atoms with E-state index in [1.807, 2.05) is 19.0 Å². The zero-order valence-corrected chi connectivity index (χ0v) is 16.7. The van der Waals surface area contributed by atoms with Gasteiger partial charge in [0.2, 0.25) is 21.9 Å². The highest BCUT2D eigenvalue weighted by Crippen LogP contribution is 2.20. The highest BCUT2D eigenvalue weighted by molar-refractivity contribution is 7.89. The molecule has 0 radical (unpaired) electrons. The summed E-state index contributed by atoms with van der Waals surface area (Å²) in [6, 6.07) is 6.26. The third-order valence-corrected chi connectivity index (χ3v) is 5.80. The molecule has 146 valence electrons. The summed E-state index contributed by atoms with van der Waals surface area (Å²) >= 11 is 6.00. The molecule has 1 N–H and O–H groups in total. The normalized spacial score (nSPS) is 15.0. The summed E-state index contributed by atoms with van der Waals surface area (Å²) in [7, 11) is -0.158. The molecule has 9 nitrogen and oxygen atoms in total. The zero-order chi connectivity index (χ0) is 19.4. The Labute approximate surface area is 163 Å². The lowest BCUT2D eigenvalue weighted by molar-refractivity contribution is 0.122. The maximum absolute atomic E-state index is 12.5. The van der Waals surface area contributed by atoms with Crippen LogP contribution in [0.25, 0.3) is 0 Å². The first-order valence-electron chi connectivity index (χ1n) is 8.36. The molecule has 1 aromatic heterocycles. The molecule has 1 aromatic carbocycles. The number of rotatable bonds is 6. The Morgan fingerprint density at radius 2 is 1.89 bits per heavy atom. The number of benzene rings is 1. The molecule has 2 heterocycles. The molecule has 3 rings (SSSR count). The maximum Gasteiger partial charge on any atom is 0.242 e. The second-order valence-electron chi connectivity index (χ2n) is 6.10. The summed E-state index contributed by atoms with van der Waals surface area (Å²) < 4.78 is 32.9. The highest BCUT2D eigenvalue weighted by atomic mass is 35.5. The van der Waals surface area contributed by atoms with E-state index in [4.69, 9.17) is 16.3 Å². The predicted molar refractivity (Wildman–Crippen MR) is 103 cm³/mol. The van der Waals surface area contributed by atoms with Gasteiger partial charge in [-0.25, -0.2) is 13.1 Å². The van der Waals surface area contributed by atoms with Crippen LogP contribution in [-0.2, 0) is 21.3 Å². The van der Waals surface area contributed by atoms with Crippen LogP contribution >= 0.6 is 11.6 Å². The third kappa shape index (κ3) is 4.83. The number of hydrogen-bond acceptors (Lipinski definition) is 8. The molecule has 0 saturated carbocycles. The SMILES string of the molecule is CN(C)c1nc(CNS(=O)(=O)c2ccccc2Cl)nc(N2CCOCC2)n1. The fourth-order valence-corrected chi connectivity index (χ4v) is 3.98. The monoisotopic (exact) mass is 412 g/mol. The van der Waals surface area contributed by atoms with E-state index in [0.29, 0.717) is 44.0 Å². The molecule has 1 fully saturated rings. The highest BCUT2D eigenvalue weighted by Gasteiger charge is 2.20. The zero-order valence-electron chi connectivity index (χ0n) is 15.1. The second kappa shape index (κ2) is 8.34. The number of sulfonamides is 1. The van der Waals surface area contributed by atoms with Crippen LogP contribution in [0.15, 0.2) is 29.2 Å². The summed E-state index contributed by atoms with van der Waals surface area (Å²) in [5.41, 5.74) is 0. The van der Waals surface area contributed by atoms with Gasteiger partial charge in [0.15, 0.2) is 5.82 Å². The standard InChI is InChI=1S/C16H21ClN6O3S/c1-22(2)15-19-14(20-16(21-15)23-7-9-26-10-8-23)11-18-27(24,25)13-6-4-3-5-12(13)17/h3-6,18H,7-11H2,1-2H3. The van der Waals surface area contributed by atoms with Crippen LogP contribution in [0.4, 0.5) is 11.9 Å². The minimum Gasteiger partial charge on any atom is -0.378 e. The predicted octanol–water partition coefficient (Wildman–Crippen LogP) is 0.906. The van der Waals surface area contributed by atoms with Gasteiger partial charge >= 0.3 is 0 Å². The van der Waals surface area contributed by atoms with Gasteiger partial charge in [-0.05, 0) is 12.1 Å². The molecule has 0 unspecified atom stereocenters. The smallest absolute Gasteiger partial charge is 0.242 e. The second-order valence-corrected chi connectivity index (χ2v) is 8.24. The van der Waals surface area contributed by atoms with Crippen molar-refractivity contribution >= 4 is 33.5 Å². The van der Waals surface area contributed by atoms with Crippen molar-refractivity contribution in [2.75, 3.05) is 50.2 Å². The summed E-state index contributed by atoms with van der Waals surface area (Å²) in [5.74, 6) is 1.29. The fraction of sp³-hybridized carbons (Fsp3) is 0.438. The molecule has 1 aliphatic heterocycles. The summed E-state index contributed by atoms with van der Waals surface area (Å²) in [6.07, 6.45) is 0. The van der Waals surface area contributed by atoms with Crippen molar-refractivity contribution in [2.45, 2.75) is 11.4 Å². The van der Waals surface area contributed by atoms with Gasteiger partial charge in [0.25, 0.3) is 0 Å². The molecule has 0 aliphatic carbocycles. The lowest BCUT2D eigenvalue weighted by Gasteiger charge is -2.27.